The molecule has 1 N–H and O–H groups in total. The first-order valence-electron chi connectivity index (χ1n) is 11.0. The van der Waals surface area contributed by atoms with Gasteiger partial charge in [-0.15, -0.1) is 0 Å². The predicted octanol–water partition coefficient (Wildman–Crippen LogP) is 3.16. The minimum Gasteiger partial charge on any atom is -0.454 e. The lowest BCUT2D eigenvalue weighted by Crippen LogP contribution is -2.36. The number of benzene rings is 2. The van der Waals surface area contributed by atoms with Crippen LogP contribution in [0.25, 0.3) is 10.9 Å². The van der Waals surface area contributed by atoms with E-state index in [-0.39, 0.29) is 24.5 Å². The van der Waals surface area contributed by atoms with Crippen molar-refractivity contribution in [3.63, 3.8) is 0 Å². The largest absolute Gasteiger partial charge is 0.454 e. The van der Waals surface area contributed by atoms with Crippen molar-refractivity contribution in [2.24, 2.45) is 0 Å². The van der Waals surface area contributed by atoms with Gasteiger partial charge < -0.3 is 19.5 Å². The zero-order chi connectivity index (χ0) is 22.6. The van der Waals surface area contributed by atoms with E-state index in [2.05, 4.69) is 10.2 Å². The van der Waals surface area contributed by atoms with Crippen molar-refractivity contribution >= 4 is 28.6 Å². The normalized spacial score (nSPS) is 16.6. The Kier molecular flexibility index (Phi) is 6.61. The smallest absolute Gasteiger partial charge is 0.231 e. The van der Waals surface area contributed by atoms with Crippen molar-refractivity contribution in [3.8, 4) is 11.5 Å². The molecule has 0 unspecified atom stereocenters. The molecule has 2 aliphatic heterocycles. The average Bonchev–Trinajstić information content (AvgIpc) is 3.31. The van der Waals surface area contributed by atoms with Crippen LogP contribution < -0.4 is 14.8 Å². The molecule has 8 nitrogen and oxygen atoms in total. The molecular formula is C24H26N4O4S. The van der Waals surface area contributed by atoms with Crippen LogP contribution in [0.1, 0.15) is 24.4 Å². The third-order valence-electron chi connectivity index (χ3n) is 5.70. The standard InChI is InChI=1S/C24H26N4O4S/c1-16(17-6-7-20-21(12-17)32-15-31-20)25-23(29)14-33-24-18-4-2-3-5-19(18)26-22(27-24)13-28-8-10-30-11-9-28/h2-7,12,16H,8-11,13-15H2,1H3,(H,25,29)/t16-/m0/s1. The van der Waals surface area contributed by atoms with Crippen LogP contribution in [0, 0.1) is 0 Å². The van der Waals surface area contributed by atoms with Gasteiger partial charge in [0.05, 0.1) is 37.1 Å². The maximum absolute atomic E-state index is 12.7. The summed E-state index contributed by atoms with van der Waals surface area (Å²) >= 11 is 1.44. The van der Waals surface area contributed by atoms with E-state index in [0.29, 0.717) is 12.3 Å². The van der Waals surface area contributed by atoms with E-state index in [1.165, 1.54) is 11.8 Å². The van der Waals surface area contributed by atoms with Crippen molar-refractivity contribution in [1.82, 2.24) is 20.2 Å². The molecule has 9 heteroatoms. The number of carbonyl (C=O) groups excluding carboxylic acids is 1. The maximum Gasteiger partial charge on any atom is 0.231 e. The molecule has 3 aromatic rings. The molecule has 0 aliphatic carbocycles. The Morgan fingerprint density at radius 2 is 1.94 bits per heavy atom. The van der Waals surface area contributed by atoms with Crippen molar-refractivity contribution in [2.75, 3.05) is 38.8 Å². The summed E-state index contributed by atoms with van der Waals surface area (Å²) < 4.78 is 16.2. The number of ether oxygens (including phenoxy) is 3. The average molecular weight is 467 g/mol. The number of thioether (sulfide) groups is 1. The Bertz CT molecular complexity index is 1150. The molecule has 1 aromatic heterocycles. The van der Waals surface area contributed by atoms with Crippen LogP contribution >= 0.6 is 11.8 Å². The summed E-state index contributed by atoms with van der Waals surface area (Å²) in [4.78, 5) is 24.6. The van der Waals surface area contributed by atoms with E-state index in [4.69, 9.17) is 24.2 Å². The third kappa shape index (κ3) is 5.21. The van der Waals surface area contributed by atoms with Crippen molar-refractivity contribution in [3.05, 3.63) is 53.9 Å². The molecule has 33 heavy (non-hydrogen) atoms. The number of para-hydroxylation sites is 1. The molecule has 1 amide bonds. The molecule has 3 heterocycles. The van der Waals surface area contributed by atoms with Gasteiger partial charge in [-0.2, -0.15) is 0 Å². The van der Waals surface area contributed by atoms with Gasteiger partial charge >= 0.3 is 0 Å². The number of rotatable bonds is 7. The molecule has 0 saturated carbocycles. The highest BCUT2D eigenvalue weighted by molar-refractivity contribution is 8.00. The monoisotopic (exact) mass is 466 g/mol. The lowest BCUT2D eigenvalue weighted by molar-refractivity contribution is -0.119. The van der Waals surface area contributed by atoms with Crippen molar-refractivity contribution in [1.29, 1.82) is 0 Å². The first kappa shape index (κ1) is 21.9. The molecule has 2 aliphatic rings. The molecule has 5 rings (SSSR count). The van der Waals surface area contributed by atoms with E-state index in [1.54, 1.807) is 0 Å². The highest BCUT2D eigenvalue weighted by Gasteiger charge is 2.18. The fourth-order valence-corrected chi connectivity index (χ4v) is 4.77. The summed E-state index contributed by atoms with van der Waals surface area (Å²) in [6.45, 7) is 6.08. The number of morpholine rings is 1. The van der Waals surface area contributed by atoms with Gasteiger partial charge in [-0.3, -0.25) is 9.69 Å². The second-order valence-electron chi connectivity index (χ2n) is 8.04. The zero-order valence-corrected chi connectivity index (χ0v) is 19.3. The topological polar surface area (TPSA) is 85.8 Å². The van der Waals surface area contributed by atoms with E-state index in [0.717, 1.165) is 59.4 Å². The second-order valence-corrected chi connectivity index (χ2v) is 9.01. The summed E-state index contributed by atoms with van der Waals surface area (Å²) in [6.07, 6.45) is 0. The van der Waals surface area contributed by atoms with Crippen molar-refractivity contribution in [2.45, 2.75) is 24.5 Å². The second kappa shape index (κ2) is 9.94. The minimum absolute atomic E-state index is 0.0532. The number of hydrogen-bond acceptors (Lipinski definition) is 8. The van der Waals surface area contributed by atoms with Gasteiger partial charge in [0.2, 0.25) is 12.7 Å². The van der Waals surface area contributed by atoms with Gasteiger partial charge in [-0.1, -0.05) is 36.0 Å². The fraction of sp³-hybridized carbons (Fsp3) is 0.375. The minimum atomic E-state index is -0.147. The van der Waals surface area contributed by atoms with Gasteiger partial charge in [-0.25, -0.2) is 9.97 Å². The molecule has 2 aromatic carbocycles. The molecule has 0 bridgehead atoms. The van der Waals surface area contributed by atoms with Crippen LogP contribution in [-0.2, 0) is 16.1 Å². The summed E-state index contributed by atoms with van der Waals surface area (Å²) in [5.74, 6) is 2.43. The van der Waals surface area contributed by atoms with Crippen LogP contribution in [0.3, 0.4) is 0 Å². The quantitative estimate of drug-likeness (QED) is 0.420. The Hall–Kier alpha value is -2.88. The number of nitrogens with one attached hydrogen (secondary N) is 1. The molecular weight excluding hydrogens is 440 g/mol. The fourth-order valence-electron chi connectivity index (χ4n) is 3.92. The molecule has 0 spiro atoms. The number of amides is 1. The van der Waals surface area contributed by atoms with Crippen LogP contribution in [0.15, 0.2) is 47.5 Å². The van der Waals surface area contributed by atoms with Gasteiger partial charge in [-0.05, 0) is 30.7 Å². The number of nitrogens with zero attached hydrogens (tertiary/aromatic N) is 3. The Balaban J connectivity index is 1.25. The third-order valence-corrected chi connectivity index (χ3v) is 6.69. The van der Waals surface area contributed by atoms with E-state index < -0.39 is 0 Å². The van der Waals surface area contributed by atoms with Gasteiger partial charge in [0, 0.05) is 18.5 Å². The number of carbonyl (C=O) groups is 1. The number of aromatic nitrogens is 2. The zero-order valence-electron chi connectivity index (χ0n) is 18.5. The summed E-state index contributed by atoms with van der Waals surface area (Å²) in [6, 6.07) is 13.5. The highest BCUT2D eigenvalue weighted by atomic mass is 32.2. The number of hydrogen-bond donors (Lipinski definition) is 1. The SMILES string of the molecule is C[C@H](NC(=O)CSc1nc(CN2CCOCC2)nc2ccccc12)c1ccc2c(c1)OCO2. The number of fused-ring (bicyclic) bond motifs is 2. The molecule has 0 radical (unpaired) electrons. The summed E-state index contributed by atoms with van der Waals surface area (Å²) in [5.41, 5.74) is 1.87. The Morgan fingerprint density at radius 3 is 2.82 bits per heavy atom. The van der Waals surface area contributed by atoms with Crippen LogP contribution in [-0.4, -0.2) is 59.6 Å². The molecule has 1 atom stereocenters. The highest BCUT2D eigenvalue weighted by Crippen LogP contribution is 2.34. The van der Waals surface area contributed by atoms with Crippen LogP contribution in [0.4, 0.5) is 0 Å². The molecule has 1 fully saturated rings. The van der Waals surface area contributed by atoms with Crippen LogP contribution in [0.2, 0.25) is 0 Å². The maximum atomic E-state index is 12.7. The first-order valence-corrected chi connectivity index (χ1v) is 12.0. The lowest BCUT2D eigenvalue weighted by atomic mass is 10.1. The van der Waals surface area contributed by atoms with Gasteiger partial charge in [0.25, 0.3) is 0 Å². The van der Waals surface area contributed by atoms with Gasteiger partial charge in [0.15, 0.2) is 11.5 Å². The van der Waals surface area contributed by atoms with Crippen molar-refractivity contribution < 1.29 is 19.0 Å². The van der Waals surface area contributed by atoms with Crippen LogP contribution in [0.5, 0.6) is 11.5 Å². The summed E-state index contributed by atoms with van der Waals surface area (Å²) in [7, 11) is 0. The van der Waals surface area contributed by atoms with E-state index in [1.807, 2.05) is 49.4 Å². The molecule has 1 saturated heterocycles. The Labute approximate surface area is 196 Å². The predicted molar refractivity (Wildman–Crippen MR) is 125 cm³/mol. The molecule has 172 valence electrons. The Morgan fingerprint density at radius 1 is 1.12 bits per heavy atom. The van der Waals surface area contributed by atoms with Gasteiger partial charge in [0.1, 0.15) is 10.9 Å². The lowest BCUT2D eigenvalue weighted by Gasteiger charge is -2.25. The summed E-state index contributed by atoms with van der Waals surface area (Å²) in [5, 5.41) is 4.86. The first-order chi connectivity index (χ1) is 16.2. The van der Waals surface area contributed by atoms with E-state index in [9.17, 15) is 4.79 Å². The van der Waals surface area contributed by atoms with E-state index >= 15 is 0 Å².